The number of hydrogen-bond donors (Lipinski definition) is 0. The summed E-state index contributed by atoms with van der Waals surface area (Å²) in [4.78, 5) is 27.4. The van der Waals surface area contributed by atoms with Gasteiger partial charge in [0.05, 0.1) is 11.1 Å². The number of fused-ring (bicyclic) bond motifs is 1. The molecule has 0 aliphatic carbocycles. The number of carbonyl (C=O) groups excluding carboxylic acids is 2. The highest BCUT2D eigenvalue weighted by Gasteiger charge is 2.32. The van der Waals surface area contributed by atoms with Crippen molar-refractivity contribution in [2.75, 3.05) is 6.54 Å². The van der Waals surface area contributed by atoms with Gasteiger partial charge in [0.1, 0.15) is 0 Å². The summed E-state index contributed by atoms with van der Waals surface area (Å²) < 4.78 is 43.3. The third-order valence-electron chi connectivity index (χ3n) is 4.18. The summed E-state index contributed by atoms with van der Waals surface area (Å²) in [6.45, 7) is 2.40. The SMILES string of the molecule is CC(OC(=O)c1cccc(C(F)(F)F)c1)C(=O)N1CCc2sccc2C1. The second kappa shape index (κ2) is 7.11. The lowest BCUT2D eigenvalue weighted by molar-refractivity contribution is -0.141. The molecule has 0 saturated carbocycles. The molecular formula is C18H16F3NO3S. The van der Waals surface area contributed by atoms with Gasteiger partial charge in [0, 0.05) is 18.0 Å². The molecule has 1 aromatic carbocycles. The molecule has 1 atom stereocenters. The number of alkyl halides is 3. The van der Waals surface area contributed by atoms with Crippen molar-refractivity contribution >= 4 is 23.2 Å². The van der Waals surface area contributed by atoms with Gasteiger partial charge in [-0.3, -0.25) is 4.79 Å². The van der Waals surface area contributed by atoms with E-state index in [-0.39, 0.29) is 11.5 Å². The van der Waals surface area contributed by atoms with E-state index in [9.17, 15) is 22.8 Å². The number of benzene rings is 1. The molecule has 0 bridgehead atoms. The quantitative estimate of drug-likeness (QED) is 0.756. The first-order chi connectivity index (χ1) is 12.3. The molecule has 1 aliphatic rings. The monoisotopic (exact) mass is 383 g/mol. The van der Waals surface area contributed by atoms with Crippen molar-refractivity contribution in [1.29, 1.82) is 0 Å². The van der Waals surface area contributed by atoms with E-state index in [1.54, 1.807) is 16.2 Å². The molecule has 0 N–H and O–H groups in total. The van der Waals surface area contributed by atoms with Gasteiger partial charge in [0.2, 0.25) is 0 Å². The lowest BCUT2D eigenvalue weighted by atomic mass is 10.1. The molecule has 2 heterocycles. The number of rotatable bonds is 3. The van der Waals surface area contributed by atoms with Gasteiger partial charge in [0.25, 0.3) is 5.91 Å². The summed E-state index contributed by atoms with van der Waals surface area (Å²) in [7, 11) is 0. The Kier molecular flexibility index (Phi) is 5.04. The molecule has 1 aliphatic heterocycles. The van der Waals surface area contributed by atoms with Crippen LogP contribution in [0.1, 0.15) is 33.3 Å². The average Bonchev–Trinajstić information content (AvgIpc) is 3.08. The van der Waals surface area contributed by atoms with Crippen LogP contribution >= 0.6 is 11.3 Å². The zero-order valence-electron chi connectivity index (χ0n) is 13.9. The van der Waals surface area contributed by atoms with E-state index in [0.29, 0.717) is 13.1 Å². The molecule has 4 nitrogen and oxygen atoms in total. The van der Waals surface area contributed by atoms with Crippen molar-refractivity contribution in [3.63, 3.8) is 0 Å². The van der Waals surface area contributed by atoms with Crippen LogP contribution in [0, 0.1) is 0 Å². The van der Waals surface area contributed by atoms with Crippen molar-refractivity contribution < 1.29 is 27.5 Å². The van der Waals surface area contributed by atoms with Crippen molar-refractivity contribution in [1.82, 2.24) is 4.90 Å². The molecule has 1 aromatic heterocycles. The Bertz CT molecular complexity index is 831. The Morgan fingerprint density at radius 1 is 1.27 bits per heavy atom. The maximum atomic E-state index is 12.7. The van der Waals surface area contributed by atoms with E-state index >= 15 is 0 Å². The Labute approximate surface area is 152 Å². The minimum Gasteiger partial charge on any atom is -0.449 e. The third kappa shape index (κ3) is 3.90. The van der Waals surface area contributed by atoms with Crippen LogP contribution in [-0.4, -0.2) is 29.4 Å². The highest BCUT2D eigenvalue weighted by molar-refractivity contribution is 7.10. The molecule has 1 unspecified atom stereocenters. The first-order valence-corrected chi connectivity index (χ1v) is 8.86. The number of esters is 1. The highest BCUT2D eigenvalue weighted by atomic mass is 32.1. The Hall–Kier alpha value is -2.35. The van der Waals surface area contributed by atoms with E-state index in [0.717, 1.165) is 30.2 Å². The number of carbonyl (C=O) groups is 2. The molecule has 0 spiro atoms. The number of nitrogens with zero attached hydrogens (tertiary/aromatic N) is 1. The Balaban J connectivity index is 1.65. The summed E-state index contributed by atoms with van der Waals surface area (Å²) in [5, 5.41) is 1.97. The van der Waals surface area contributed by atoms with Gasteiger partial charge in [-0.1, -0.05) is 6.07 Å². The number of amides is 1. The van der Waals surface area contributed by atoms with Crippen LogP contribution in [0.3, 0.4) is 0 Å². The van der Waals surface area contributed by atoms with Gasteiger partial charge >= 0.3 is 12.1 Å². The van der Waals surface area contributed by atoms with Crippen LogP contribution in [0.2, 0.25) is 0 Å². The summed E-state index contributed by atoms with van der Waals surface area (Å²) in [5.74, 6) is -1.31. The van der Waals surface area contributed by atoms with Gasteiger partial charge in [-0.2, -0.15) is 13.2 Å². The smallest absolute Gasteiger partial charge is 0.416 e. The lowest BCUT2D eigenvalue weighted by Crippen LogP contribution is -2.42. The standard InChI is InChI=1S/C18H16F3NO3S/c1-11(16(23)22-7-5-15-13(10-22)6-8-26-15)25-17(24)12-3-2-4-14(9-12)18(19,20)21/h2-4,6,8-9,11H,5,7,10H2,1H3. The molecule has 8 heteroatoms. The van der Waals surface area contributed by atoms with E-state index in [2.05, 4.69) is 0 Å². The van der Waals surface area contributed by atoms with Crippen LogP contribution in [-0.2, 0) is 28.7 Å². The van der Waals surface area contributed by atoms with E-state index in [4.69, 9.17) is 4.74 Å². The number of thiophene rings is 1. The van der Waals surface area contributed by atoms with Crippen LogP contribution in [0.5, 0.6) is 0 Å². The van der Waals surface area contributed by atoms with Crippen LogP contribution in [0.15, 0.2) is 35.7 Å². The van der Waals surface area contributed by atoms with E-state index < -0.39 is 23.8 Å². The summed E-state index contributed by atoms with van der Waals surface area (Å²) in [6, 6.07) is 5.91. The Morgan fingerprint density at radius 2 is 2.04 bits per heavy atom. The number of hydrogen-bond acceptors (Lipinski definition) is 4. The number of halogens is 3. The molecule has 0 fully saturated rings. The van der Waals surface area contributed by atoms with Gasteiger partial charge < -0.3 is 9.64 Å². The predicted octanol–water partition coefficient (Wildman–Crippen LogP) is 3.90. The molecule has 1 amide bonds. The lowest BCUT2D eigenvalue weighted by Gasteiger charge is -2.29. The fourth-order valence-corrected chi connectivity index (χ4v) is 3.68. The van der Waals surface area contributed by atoms with Gasteiger partial charge in [-0.05, 0) is 48.6 Å². The summed E-state index contributed by atoms with van der Waals surface area (Å²) in [5.41, 5.74) is -0.101. The topological polar surface area (TPSA) is 46.6 Å². The summed E-state index contributed by atoms with van der Waals surface area (Å²) in [6.07, 6.45) is -4.88. The molecule has 3 rings (SSSR count). The largest absolute Gasteiger partial charge is 0.449 e. The molecule has 2 aromatic rings. The van der Waals surface area contributed by atoms with E-state index in [1.807, 2.05) is 11.4 Å². The second-order valence-electron chi connectivity index (χ2n) is 6.00. The zero-order chi connectivity index (χ0) is 18.9. The predicted molar refractivity (Wildman–Crippen MR) is 89.8 cm³/mol. The van der Waals surface area contributed by atoms with Crippen molar-refractivity contribution in [2.45, 2.75) is 32.2 Å². The zero-order valence-corrected chi connectivity index (χ0v) is 14.7. The van der Waals surface area contributed by atoms with Gasteiger partial charge in [0.15, 0.2) is 6.10 Å². The second-order valence-corrected chi connectivity index (χ2v) is 7.01. The maximum Gasteiger partial charge on any atom is 0.416 e. The van der Waals surface area contributed by atoms with Crippen LogP contribution in [0.25, 0.3) is 0 Å². The third-order valence-corrected chi connectivity index (χ3v) is 5.20. The van der Waals surface area contributed by atoms with Crippen molar-refractivity contribution in [3.05, 3.63) is 57.3 Å². The fourth-order valence-electron chi connectivity index (χ4n) is 2.80. The van der Waals surface area contributed by atoms with Crippen LogP contribution in [0.4, 0.5) is 13.2 Å². The minimum absolute atomic E-state index is 0.238. The molecule has 0 saturated heterocycles. The first-order valence-electron chi connectivity index (χ1n) is 7.98. The highest BCUT2D eigenvalue weighted by Crippen LogP contribution is 2.30. The molecular weight excluding hydrogens is 367 g/mol. The molecule has 138 valence electrons. The summed E-state index contributed by atoms with van der Waals surface area (Å²) >= 11 is 1.64. The van der Waals surface area contributed by atoms with Crippen molar-refractivity contribution in [2.24, 2.45) is 0 Å². The average molecular weight is 383 g/mol. The molecule has 26 heavy (non-hydrogen) atoms. The maximum absolute atomic E-state index is 12.7. The first kappa shape index (κ1) is 18.4. The minimum atomic E-state index is -4.55. The fraction of sp³-hybridized carbons (Fsp3) is 0.333. The normalized spacial score (nSPS) is 15.3. The van der Waals surface area contributed by atoms with E-state index in [1.165, 1.54) is 17.9 Å². The molecule has 0 radical (unpaired) electrons. The van der Waals surface area contributed by atoms with Gasteiger partial charge in [-0.15, -0.1) is 11.3 Å². The Morgan fingerprint density at radius 3 is 2.77 bits per heavy atom. The van der Waals surface area contributed by atoms with Gasteiger partial charge in [-0.25, -0.2) is 4.79 Å². The van der Waals surface area contributed by atoms with Crippen LogP contribution < -0.4 is 0 Å². The van der Waals surface area contributed by atoms with Crippen molar-refractivity contribution in [3.8, 4) is 0 Å². The number of ether oxygens (including phenoxy) is 1.